The molecule has 1 heterocycles. The van der Waals surface area contributed by atoms with E-state index in [4.69, 9.17) is 23.2 Å². The highest BCUT2D eigenvalue weighted by Gasteiger charge is 2.20. The lowest BCUT2D eigenvalue weighted by Gasteiger charge is -2.00. The van der Waals surface area contributed by atoms with Crippen LogP contribution in [0.1, 0.15) is 6.42 Å². The van der Waals surface area contributed by atoms with E-state index >= 15 is 0 Å². The van der Waals surface area contributed by atoms with Gasteiger partial charge in [-0.3, -0.25) is 10.1 Å². The number of alkyl halides is 1. The van der Waals surface area contributed by atoms with Crippen molar-refractivity contribution in [1.82, 2.24) is 4.57 Å². The summed E-state index contributed by atoms with van der Waals surface area (Å²) in [6.45, 7) is 0.648. The number of nitrogens with zero attached hydrogens (tertiary/aromatic N) is 2. The highest BCUT2D eigenvalue weighted by molar-refractivity contribution is 14.1. The first-order chi connectivity index (χ1) is 6.57. The Balaban J connectivity index is 2.96. The van der Waals surface area contributed by atoms with Crippen LogP contribution < -0.4 is 0 Å². The maximum atomic E-state index is 10.5. The summed E-state index contributed by atoms with van der Waals surface area (Å²) in [6.07, 6.45) is 2.28. The van der Waals surface area contributed by atoms with Gasteiger partial charge in [-0.05, 0) is 6.42 Å². The van der Waals surface area contributed by atoms with Crippen LogP contribution >= 0.6 is 45.8 Å². The van der Waals surface area contributed by atoms with Gasteiger partial charge in [-0.15, -0.1) is 0 Å². The zero-order chi connectivity index (χ0) is 10.7. The van der Waals surface area contributed by atoms with Gasteiger partial charge in [0, 0.05) is 11.0 Å². The summed E-state index contributed by atoms with van der Waals surface area (Å²) in [4.78, 5) is 9.98. The Morgan fingerprint density at radius 2 is 2.21 bits per heavy atom. The molecule has 0 aliphatic heterocycles. The van der Waals surface area contributed by atoms with Crippen molar-refractivity contribution in [3.63, 3.8) is 0 Å². The minimum absolute atomic E-state index is 0.0186. The molecule has 1 aromatic heterocycles. The molecule has 78 valence electrons. The van der Waals surface area contributed by atoms with Crippen molar-refractivity contribution in [3.8, 4) is 0 Å². The van der Waals surface area contributed by atoms with Crippen LogP contribution in [0.25, 0.3) is 0 Å². The van der Waals surface area contributed by atoms with Crippen LogP contribution in [-0.2, 0) is 6.54 Å². The van der Waals surface area contributed by atoms with E-state index < -0.39 is 4.92 Å². The van der Waals surface area contributed by atoms with Crippen molar-refractivity contribution in [2.45, 2.75) is 13.0 Å². The maximum Gasteiger partial charge on any atom is 0.307 e. The van der Waals surface area contributed by atoms with E-state index in [9.17, 15) is 10.1 Å². The summed E-state index contributed by atoms with van der Waals surface area (Å²) in [5.41, 5.74) is -0.134. The van der Waals surface area contributed by atoms with Gasteiger partial charge < -0.3 is 4.57 Å². The Morgan fingerprint density at radius 1 is 1.57 bits per heavy atom. The first-order valence-corrected chi connectivity index (χ1v) is 6.10. The van der Waals surface area contributed by atoms with Gasteiger partial charge in [0.2, 0.25) is 0 Å². The summed E-state index contributed by atoms with van der Waals surface area (Å²) in [7, 11) is 0. The lowest BCUT2D eigenvalue weighted by molar-refractivity contribution is -0.384. The van der Waals surface area contributed by atoms with E-state index in [-0.39, 0.29) is 15.9 Å². The molecule has 1 aromatic rings. The molecule has 0 amide bonds. The first-order valence-electron chi connectivity index (χ1n) is 3.82. The van der Waals surface area contributed by atoms with Gasteiger partial charge in [0.1, 0.15) is 5.15 Å². The lowest BCUT2D eigenvalue weighted by atomic mass is 10.5. The predicted molar refractivity (Wildman–Crippen MR) is 64.6 cm³/mol. The van der Waals surface area contributed by atoms with Crippen LogP contribution in [0.5, 0.6) is 0 Å². The van der Waals surface area contributed by atoms with E-state index in [1.54, 1.807) is 4.57 Å². The summed E-state index contributed by atoms with van der Waals surface area (Å²) in [5.74, 6) is 0. The van der Waals surface area contributed by atoms with Gasteiger partial charge in [0.25, 0.3) is 0 Å². The first kappa shape index (κ1) is 12.1. The third-order valence-corrected chi connectivity index (χ3v) is 3.30. The largest absolute Gasteiger partial charge is 0.331 e. The molecule has 0 saturated carbocycles. The van der Waals surface area contributed by atoms with Crippen molar-refractivity contribution >= 4 is 51.5 Å². The van der Waals surface area contributed by atoms with Crippen LogP contribution in [0.2, 0.25) is 10.2 Å². The van der Waals surface area contributed by atoms with Crippen molar-refractivity contribution in [1.29, 1.82) is 0 Å². The Kier molecular flexibility index (Phi) is 4.46. The Bertz CT molecular complexity index is 354. The van der Waals surface area contributed by atoms with Crippen LogP contribution in [0, 0.1) is 10.1 Å². The van der Waals surface area contributed by atoms with Crippen LogP contribution in [0.4, 0.5) is 5.69 Å². The van der Waals surface area contributed by atoms with Gasteiger partial charge in [-0.2, -0.15) is 0 Å². The fourth-order valence-electron chi connectivity index (χ4n) is 1.01. The second-order valence-electron chi connectivity index (χ2n) is 2.61. The molecular weight excluding hydrogens is 342 g/mol. The molecule has 0 saturated heterocycles. The Hall–Kier alpha value is -0.0100. The molecule has 0 aliphatic rings. The monoisotopic (exact) mass is 348 g/mol. The molecule has 0 bridgehead atoms. The van der Waals surface area contributed by atoms with Gasteiger partial charge in [0.05, 0.1) is 11.1 Å². The van der Waals surface area contributed by atoms with Crippen LogP contribution in [0.15, 0.2) is 6.20 Å². The highest BCUT2D eigenvalue weighted by Crippen LogP contribution is 2.33. The normalized spacial score (nSPS) is 10.5. The fourth-order valence-corrected chi connectivity index (χ4v) is 1.81. The summed E-state index contributed by atoms with van der Waals surface area (Å²) in [6, 6.07) is 0. The van der Waals surface area contributed by atoms with E-state index in [2.05, 4.69) is 22.6 Å². The molecule has 7 heteroatoms. The maximum absolute atomic E-state index is 10.5. The number of nitro groups is 1. The Morgan fingerprint density at radius 3 is 2.64 bits per heavy atom. The molecule has 0 aromatic carbocycles. The van der Waals surface area contributed by atoms with E-state index in [0.717, 1.165) is 10.8 Å². The van der Waals surface area contributed by atoms with Crippen molar-refractivity contribution in [2.75, 3.05) is 4.43 Å². The lowest BCUT2D eigenvalue weighted by Crippen LogP contribution is -1.96. The molecule has 0 aliphatic carbocycles. The summed E-state index contributed by atoms with van der Waals surface area (Å²) >= 11 is 13.7. The van der Waals surface area contributed by atoms with E-state index in [1.807, 2.05) is 0 Å². The van der Waals surface area contributed by atoms with Gasteiger partial charge in [-0.1, -0.05) is 45.8 Å². The molecule has 0 atom stereocenters. The number of hydrogen-bond donors (Lipinski definition) is 0. The van der Waals surface area contributed by atoms with Crippen LogP contribution in [0.3, 0.4) is 0 Å². The standard InChI is InChI=1S/C7H7Cl2IN2O2/c8-6-5(12(13)14)4-11(7(6)9)3-1-2-10/h4H,1-3H2. The number of aromatic nitrogens is 1. The molecule has 0 N–H and O–H groups in total. The molecule has 0 unspecified atom stereocenters. The Labute approximate surface area is 104 Å². The topological polar surface area (TPSA) is 48.1 Å². The predicted octanol–water partition coefficient (Wildman–Crippen LogP) is 3.53. The number of hydrogen-bond acceptors (Lipinski definition) is 2. The van der Waals surface area contributed by atoms with Crippen molar-refractivity contribution in [2.24, 2.45) is 0 Å². The minimum atomic E-state index is -0.533. The second-order valence-corrected chi connectivity index (χ2v) is 4.43. The smallest absolute Gasteiger partial charge is 0.307 e. The van der Waals surface area contributed by atoms with Crippen LogP contribution in [-0.4, -0.2) is 13.9 Å². The quantitative estimate of drug-likeness (QED) is 0.361. The summed E-state index contributed by atoms with van der Waals surface area (Å²) in [5, 5.41) is 10.8. The van der Waals surface area contributed by atoms with E-state index in [0.29, 0.717) is 6.54 Å². The molecule has 0 fully saturated rings. The zero-order valence-corrected chi connectivity index (χ0v) is 10.7. The van der Waals surface area contributed by atoms with Crippen molar-refractivity contribution < 1.29 is 4.92 Å². The molecular formula is C7H7Cl2IN2O2. The third-order valence-electron chi connectivity index (χ3n) is 1.67. The molecule has 4 nitrogen and oxygen atoms in total. The highest BCUT2D eigenvalue weighted by atomic mass is 127. The summed E-state index contributed by atoms with van der Waals surface area (Å²) < 4.78 is 2.57. The molecule has 0 radical (unpaired) electrons. The number of aryl methyl sites for hydroxylation is 1. The fraction of sp³-hybridized carbons (Fsp3) is 0.429. The second kappa shape index (κ2) is 5.18. The molecule has 1 rings (SSSR count). The van der Waals surface area contributed by atoms with Crippen molar-refractivity contribution in [3.05, 3.63) is 26.5 Å². The SMILES string of the molecule is O=[N+]([O-])c1cn(CCCI)c(Cl)c1Cl. The zero-order valence-electron chi connectivity index (χ0n) is 7.04. The minimum Gasteiger partial charge on any atom is -0.331 e. The number of halogens is 3. The van der Waals surface area contributed by atoms with E-state index in [1.165, 1.54) is 6.20 Å². The average Bonchev–Trinajstić information content (AvgIpc) is 2.42. The third kappa shape index (κ3) is 2.52. The van der Waals surface area contributed by atoms with Gasteiger partial charge >= 0.3 is 5.69 Å². The molecule has 0 spiro atoms. The number of rotatable bonds is 4. The molecule has 14 heavy (non-hydrogen) atoms. The van der Waals surface area contributed by atoms with Gasteiger partial charge in [-0.25, -0.2) is 0 Å². The van der Waals surface area contributed by atoms with Gasteiger partial charge in [0.15, 0.2) is 5.02 Å². The average molecular weight is 349 g/mol.